The van der Waals surface area contributed by atoms with E-state index >= 15 is 0 Å². The monoisotopic (exact) mass is 446 g/mol. The molecule has 1 aliphatic rings. The summed E-state index contributed by atoms with van der Waals surface area (Å²) < 4.78 is 20.1. The third kappa shape index (κ3) is 7.43. The predicted molar refractivity (Wildman–Crippen MR) is 121 cm³/mol. The molecule has 0 aromatic heterocycles. The van der Waals surface area contributed by atoms with Crippen molar-refractivity contribution in [1.29, 1.82) is 0 Å². The lowest BCUT2D eigenvalue weighted by atomic mass is 9.78. The van der Waals surface area contributed by atoms with Crippen LogP contribution in [0.4, 0.5) is 4.79 Å². The van der Waals surface area contributed by atoms with Crippen LogP contribution in [0.2, 0.25) is 0 Å². The van der Waals surface area contributed by atoms with E-state index in [4.69, 9.17) is 19.7 Å². The van der Waals surface area contributed by atoms with Crippen LogP contribution in [0.5, 0.6) is 11.5 Å². The highest BCUT2D eigenvalue weighted by Crippen LogP contribution is 2.33. The van der Waals surface area contributed by atoms with Crippen LogP contribution in [0.25, 0.3) is 0 Å². The van der Waals surface area contributed by atoms with Gasteiger partial charge in [-0.2, -0.15) is 0 Å². The zero-order valence-corrected chi connectivity index (χ0v) is 19.4. The molecule has 176 valence electrons. The van der Waals surface area contributed by atoms with Crippen molar-refractivity contribution in [3.05, 3.63) is 59.7 Å². The molecule has 2 aromatic rings. The average molecular weight is 447 g/mol. The van der Waals surface area contributed by atoms with Crippen molar-refractivity contribution in [2.24, 2.45) is 0 Å². The zero-order valence-electron chi connectivity index (χ0n) is 19.4. The Balaban J connectivity index is 0.000000439. The summed E-state index contributed by atoms with van der Waals surface area (Å²) in [4.78, 5) is 10.0. The van der Waals surface area contributed by atoms with Gasteiger partial charge in [-0.25, -0.2) is 4.79 Å². The molecule has 3 unspecified atom stereocenters. The van der Waals surface area contributed by atoms with Gasteiger partial charge in [-0.3, -0.25) is 0 Å². The van der Waals surface area contributed by atoms with Crippen LogP contribution in [0, 0.1) is 0 Å². The van der Waals surface area contributed by atoms with Gasteiger partial charge in [0.1, 0.15) is 36.4 Å². The minimum absolute atomic E-state index is 0.00341. The normalized spacial score (nSPS) is 17.3. The number of aliphatic hydroxyl groups is 2. The molecule has 3 atom stereocenters. The van der Waals surface area contributed by atoms with Crippen LogP contribution >= 0.6 is 0 Å². The Bertz CT molecular complexity index is 773. The SMILES string of the molecule is CC(CO)Oc1ccc(C(C)(C)c2ccc(OC(C)CO)cc2)cc1.CC1COC(=O)O1. The number of hydrogen-bond acceptors (Lipinski definition) is 7. The fourth-order valence-electron chi connectivity index (χ4n) is 3.02. The van der Waals surface area contributed by atoms with E-state index in [1.54, 1.807) is 6.92 Å². The van der Waals surface area contributed by atoms with Crippen molar-refractivity contribution in [2.75, 3.05) is 19.8 Å². The fraction of sp³-hybridized carbons (Fsp3) is 0.480. The number of ether oxygens (including phenoxy) is 4. The number of carbonyl (C=O) groups is 1. The Hall–Kier alpha value is -2.77. The minimum Gasteiger partial charge on any atom is -0.488 e. The van der Waals surface area contributed by atoms with E-state index in [1.807, 2.05) is 38.1 Å². The quantitative estimate of drug-likeness (QED) is 0.590. The molecule has 7 heteroatoms. The maximum absolute atomic E-state index is 10.0. The van der Waals surface area contributed by atoms with Gasteiger partial charge in [0.05, 0.1) is 13.2 Å². The van der Waals surface area contributed by atoms with Gasteiger partial charge in [0.15, 0.2) is 0 Å². The van der Waals surface area contributed by atoms with Gasteiger partial charge in [0.2, 0.25) is 0 Å². The van der Waals surface area contributed by atoms with Crippen molar-refractivity contribution in [1.82, 2.24) is 0 Å². The molecule has 1 saturated heterocycles. The highest BCUT2D eigenvalue weighted by molar-refractivity contribution is 5.61. The Morgan fingerprint density at radius 1 is 0.906 bits per heavy atom. The number of carbonyl (C=O) groups excluding carboxylic acids is 1. The van der Waals surface area contributed by atoms with E-state index in [1.165, 1.54) is 11.1 Å². The number of aliphatic hydroxyl groups excluding tert-OH is 2. The molecule has 3 rings (SSSR count). The molecule has 32 heavy (non-hydrogen) atoms. The minimum atomic E-state index is -0.549. The second-order valence-electron chi connectivity index (χ2n) is 8.39. The fourth-order valence-corrected chi connectivity index (χ4v) is 3.02. The molecular formula is C25H34O7. The van der Waals surface area contributed by atoms with Crippen LogP contribution < -0.4 is 9.47 Å². The molecule has 2 N–H and O–H groups in total. The van der Waals surface area contributed by atoms with Gasteiger partial charge in [0, 0.05) is 5.41 Å². The lowest BCUT2D eigenvalue weighted by Crippen LogP contribution is -2.20. The van der Waals surface area contributed by atoms with Crippen molar-refractivity contribution < 1.29 is 34.0 Å². The molecule has 0 saturated carbocycles. The van der Waals surface area contributed by atoms with Gasteiger partial charge in [-0.15, -0.1) is 0 Å². The molecule has 0 bridgehead atoms. The zero-order chi connectivity index (χ0) is 23.7. The maximum Gasteiger partial charge on any atom is 0.508 e. The van der Waals surface area contributed by atoms with Gasteiger partial charge in [0.25, 0.3) is 0 Å². The van der Waals surface area contributed by atoms with E-state index in [-0.39, 0.29) is 36.9 Å². The van der Waals surface area contributed by atoms with Crippen LogP contribution in [0.15, 0.2) is 48.5 Å². The molecule has 0 spiro atoms. The standard InChI is InChI=1S/C21H28O4.C4H6O3/c1-15(13-22)24-19-9-5-17(6-10-19)21(3,4)18-7-11-20(12-8-18)25-16(2)14-23;1-3-2-6-4(5)7-3/h5-12,15-16,22-23H,13-14H2,1-4H3;3H,2H2,1H3. The highest BCUT2D eigenvalue weighted by atomic mass is 16.8. The molecule has 0 radical (unpaired) electrons. The highest BCUT2D eigenvalue weighted by Gasteiger charge is 2.23. The Morgan fingerprint density at radius 3 is 1.56 bits per heavy atom. The molecule has 7 nitrogen and oxygen atoms in total. The van der Waals surface area contributed by atoms with E-state index in [0.717, 1.165) is 11.5 Å². The van der Waals surface area contributed by atoms with Crippen molar-refractivity contribution in [2.45, 2.75) is 58.3 Å². The van der Waals surface area contributed by atoms with Gasteiger partial charge >= 0.3 is 6.16 Å². The summed E-state index contributed by atoms with van der Waals surface area (Å²) in [6.07, 6.45) is -1.03. The molecule has 1 heterocycles. The summed E-state index contributed by atoms with van der Waals surface area (Å²) in [5.74, 6) is 1.51. The first-order chi connectivity index (χ1) is 15.1. The van der Waals surface area contributed by atoms with Crippen LogP contribution in [0.1, 0.15) is 45.7 Å². The topological polar surface area (TPSA) is 94.5 Å². The maximum atomic E-state index is 10.0. The second kappa shape index (κ2) is 11.7. The summed E-state index contributed by atoms with van der Waals surface area (Å²) in [6.45, 7) is 10.2. The Kier molecular flexibility index (Phi) is 9.35. The molecule has 1 fully saturated rings. The predicted octanol–water partition coefficient (Wildman–Crippen LogP) is 4.07. The number of cyclic esters (lactones) is 2. The molecular weight excluding hydrogens is 412 g/mol. The van der Waals surface area contributed by atoms with Crippen LogP contribution in [0.3, 0.4) is 0 Å². The number of hydrogen-bond donors (Lipinski definition) is 2. The third-order valence-electron chi connectivity index (χ3n) is 5.07. The summed E-state index contributed by atoms with van der Waals surface area (Å²) in [7, 11) is 0. The van der Waals surface area contributed by atoms with E-state index in [9.17, 15) is 4.79 Å². The molecule has 2 aromatic carbocycles. The van der Waals surface area contributed by atoms with Crippen LogP contribution in [-0.2, 0) is 14.9 Å². The van der Waals surface area contributed by atoms with Gasteiger partial charge in [-0.05, 0) is 56.2 Å². The summed E-state index contributed by atoms with van der Waals surface area (Å²) in [6, 6.07) is 15.9. The average Bonchev–Trinajstić information content (AvgIpc) is 3.17. The van der Waals surface area contributed by atoms with Gasteiger partial charge in [-0.1, -0.05) is 38.1 Å². The summed E-state index contributed by atoms with van der Waals surface area (Å²) in [5, 5.41) is 18.1. The molecule has 1 aliphatic heterocycles. The largest absolute Gasteiger partial charge is 0.508 e. The Morgan fingerprint density at radius 2 is 1.31 bits per heavy atom. The summed E-state index contributed by atoms with van der Waals surface area (Å²) >= 11 is 0. The molecule has 0 amide bonds. The van der Waals surface area contributed by atoms with E-state index in [0.29, 0.717) is 6.61 Å². The second-order valence-corrected chi connectivity index (χ2v) is 8.39. The van der Waals surface area contributed by atoms with E-state index in [2.05, 4.69) is 47.6 Å². The first-order valence-corrected chi connectivity index (χ1v) is 10.7. The third-order valence-corrected chi connectivity index (χ3v) is 5.07. The smallest absolute Gasteiger partial charge is 0.488 e. The van der Waals surface area contributed by atoms with Crippen LogP contribution in [-0.4, -0.2) is 54.5 Å². The first kappa shape index (κ1) is 25.5. The van der Waals surface area contributed by atoms with E-state index < -0.39 is 6.16 Å². The van der Waals surface area contributed by atoms with Gasteiger partial charge < -0.3 is 29.2 Å². The van der Waals surface area contributed by atoms with Crippen molar-refractivity contribution >= 4 is 6.16 Å². The number of benzene rings is 2. The first-order valence-electron chi connectivity index (χ1n) is 10.7. The van der Waals surface area contributed by atoms with Crippen molar-refractivity contribution in [3.63, 3.8) is 0 Å². The summed E-state index contributed by atoms with van der Waals surface area (Å²) in [5.41, 5.74) is 2.19. The lowest BCUT2D eigenvalue weighted by Gasteiger charge is -2.27. The number of rotatable bonds is 8. The lowest BCUT2D eigenvalue weighted by molar-refractivity contribution is 0.121. The Labute approximate surface area is 189 Å². The molecule has 0 aliphatic carbocycles. The van der Waals surface area contributed by atoms with Crippen molar-refractivity contribution in [3.8, 4) is 11.5 Å².